The average molecular weight is 279 g/mol. The zero-order valence-corrected chi connectivity index (χ0v) is 12.0. The Labute approximate surface area is 110 Å². The van der Waals surface area contributed by atoms with E-state index >= 15 is 0 Å². The van der Waals surface area contributed by atoms with Crippen LogP contribution in [0.1, 0.15) is 39.0 Å². The van der Waals surface area contributed by atoms with E-state index < -0.39 is 10.0 Å². The molecule has 0 bridgehead atoms. The van der Waals surface area contributed by atoms with Gasteiger partial charge in [0.25, 0.3) is 0 Å². The third-order valence-corrected chi connectivity index (χ3v) is 4.38. The van der Waals surface area contributed by atoms with Gasteiger partial charge in [-0.15, -0.1) is 0 Å². The quantitative estimate of drug-likeness (QED) is 0.679. The number of primary sulfonamides is 1. The summed E-state index contributed by atoms with van der Waals surface area (Å²) in [6.07, 6.45) is 4.73. The van der Waals surface area contributed by atoms with Gasteiger partial charge in [-0.3, -0.25) is 0 Å². The first-order valence-corrected chi connectivity index (χ1v) is 8.35. The number of hydrogen-bond acceptors (Lipinski definition) is 4. The van der Waals surface area contributed by atoms with Gasteiger partial charge >= 0.3 is 0 Å². The minimum absolute atomic E-state index is 0.00284. The zero-order valence-electron chi connectivity index (χ0n) is 11.2. The van der Waals surface area contributed by atoms with Gasteiger partial charge in [0.05, 0.1) is 12.4 Å². The molecule has 0 amide bonds. The third kappa shape index (κ3) is 6.13. The van der Waals surface area contributed by atoms with Crippen LogP contribution in [0.5, 0.6) is 0 Å². The summed E-state index contributed by atoms with van der Waals surface area (Å²) >= 11 is 0. The largest absolute Gasteiger partial charge is 0.381 e. The zero-order chi connectivity index (χ0) is 13.5. The number of ether oxygens (including phenoxy) is 2. The van der Waals surface area contributed by atoms with Crippen molar-refractivity contribution < 1.29 is 17.9 Å². The summed E-state index contributed by atoms with van der Waals surface area (Å²) in [6, 6.07) is 0. The van der Waals surface area contributed by atoms with Gasteiger partial charge in [-0.25, -0.2) is 13.6 Å². The Morgan fingerprint density at radius 3 is 2.50 bits per heavy atom. The Morgan fingerprint density at radius 1 is 1.28 bits per heavy atom. The molecule has 2 N–H and O–H groups in total. The first kappa shape index (κ1) is 15.9. The van der Waals surface area contributed by atoms with Crippen LogP contribution in [-0.4, -0.2) is 40.6 Å². The predicted molar refractivity (Wildman–Crippen MR) is 70.8 cm³/mol. The van der Waals surface area contributed by atoms with Crippen LogP contribution in [0.2, 0.25) is 0 Å². The molecule has 0 unspecified atom stereocenters. The van der Waals surface area contributed by atoms with Gasteiger partial charge in [0.15, 0.2) is 0 Å². The number of unbranched alkanes of at least 4 members (excludes halogenated alkanes) is 2. The average Bonchev–Trinajstić information content (AvgIpc) is 2.27. The molecule has 1 heterocycles. The molecule has 0 aliphatic carbocycles. The highest BCUT2D eigenvalue weighted by Crippen LogP contribution is 2.32. The predicted octanol–water partition coefficient (Wildman–Crippen LogP) is 1.28. The van der Waals surface area contributed by atoms with Crippen LogP contribution in [-0.2, 0) is 19.5 Å². The molecule has 0 radical (unpaired) electrons. The molecule has 18 heavy (non-hydrogen) atoms. The van der Waals surface area contributed by atoms with Crippen LogP contribution in [0.4, 0.5) is 0 Å². The Kier molecular flexibility index (Phi) is 6.55. The van der Waals surface area contributed by atoms with Crippen LogP contribution >= 0.6 is 0 Å². The molecule has 108 valence electrons. The van der Waals surface area contributed by atoms with Gasteiger partial charge in [0.1, 0.15) is 0 Å². The summed E-state index contributed by atoms with van der Waals surface area (Å²) in [5, 5.41) is 5.18. The van der Waals surface area contributed by atoms with E-state index in [9.17, 15) is 8.42 Å². The summed E-state index contributed by atoms with van der Waals surface area (Å²) in [7, 11) is -3.47. The lowest BCUT2D eigenvalue weighted by Gasteiger charge is -2.36. The fourth-order valence-electron chi connectivity index (χ4n) is 2.30. The molecule has 0 aromatic carbocycles. The SMILES string of the molecule is CCCCCOCC1(CS(N)(=O)=O)CCOCC1. The van der Waals surface area contributed by atoms with Gasteiger partial charge in [-0.05, 0) is 19.3 Å². The van der Waals surface area contributed by atoms with E-state index in [4.69, 9.17) is 14.6 Å². The molecule has 1 aliphatic rings. The second-order valence-corrected chi connectivity index (χ2v) is 6.79. The third-order valence-electron chi connectivity index (χ3n) is 3.36. The van der Waals surface area contributed by atoms with E-state index in [1.54, 1.807) is 0 Å². The molecular weight excluding hydrogens is 254 g/mol. The molecule has 0 aromatic heterocycles. The molecule has 6 heteroatoms. The van der Waals surface area contributed by atoms with E-state index in [0.29, 0.717) is 39.3 Å². The van der Waals surface area contributed by atoms with Crippen molar-refractivity contribution in [3.63, 3.8) is 0 Å². The van der Waals surface area contributed by atoms with E-state index in [1.165, 1.54) is 0 Å². The normalized spacial score (nSPS) is 19.9. The van der Waals surface area contributed by atoms with Crippen molar-refractivity contribution in [3.8, 4) is 0 Å². The topological polar surface area (TPSA) is 78.6 Å². The lowest BCUT2D eigenvalue weighted by atomic mass is 9.83. The summed E-state index contributed by atoms with van der Waals surface area (Å²) in [6.45, 7) is 4.49. The monoisotopic (exact) mass is 279 g/mol. The van der Waals surface area contributed by atoms with Crippen LogP contribution < -0.4 is 5.14 Å². The molecule has 0 saturated carbocycles. The van der Waals surface area contributed by atoms with Crippen molar-refractivity contribution in [2.45, 2.75) is 39.0 Å². The first-order valence-electron chi connectivity index (χ1n) is 6.63. The Morgan fingerprint density at radius 2 is 1.94 bits per heavy atom. The maximum atomic E-state index is 11.3. The highest BCUT2D eigenvalue weighted by molar-refractivity contribution is 7.89. The molecule has 0 atom stereocenters. The van der Waals surface area contributed by atoms with Gasteiger partial charge in [-0.2, -0.15) is 0 Å². The second kappa shape index (κ2) is 7.43. The molecule has 1 rings (SSSR count). The number of rotatable bonds is 8. The maximum absolute atomic E-state index is 11.3. The number of sulfonamides is 1. The van der Waals surface area contributed by atoms with Crippen molar-refractivity contribution >= 4 is 10.0 Å². The summed E-state index contributed by atoms with van der Waals surface area (Å²) in [5.41, 5.74) is -0.349. The molecule has 1 aliphatic heterocycles. The standard InChI is InChI=1S/C12H25NO4S/c1-2-3-4-7-17-10-12(11-18(13,14)15)5-8-16-9-6-12/h2-11H2,1H3,(H2,13,14,15). The second-order valence-electron chi connectivity index (χ2n) is 5.18. The molecular formula is C12H25NO4S. The van der Waals surface area contributed by atoms with Gasteiger partial charge in [-0.1, -0.05) is 19.8 Å². The van der Waals surface area contributed by atoms with E-state index in [1.807, 2.05) is 0 Å². The van der Waals surface area contributed by atoms with E-state index in [0.717, 1.165) is 19.3 Å². The smallest absolute Gasteiger partial charge is 0.209 e. The molecule has 0 spiro atoms. The molecule has 1 fully saturated rings. The molecule has 0 aromatic rings. The van der Waals surface area contributed by atoms with Crippen molar-refractivity contribution in [2.75, 3.05) is 32.2 Å². The fraction of sp³-hybridized carbons (Fsp3) is 1.00. The lowest BCUT2D eigenvalue weighted by molar-refractivity contribution is -0.0285. The van der Waals surface area contributed by atoms with E-state index in [-0.39, 0.29) is 11.2 Å². The Balaban J connectivity index is 2.45. The van der Waals surface area contributed by atoms with Crippen molar-refractivity contribution in [1.29, 1.82) is 0 Å². The highest BCUT2D eigenvalue weighted by atomic mass is 32.2. The van der Waals surface area contributed by atoms with Gasteiger partial charge < -0.3 is 9.47 Å². The fourth-order valence-corrected chi connectivity index (χ4v) is 3.53. The minimum Gasteiger partial charge on any atom is -0.381 e. The maximum Gasteiger partial charge on any atom is 0.209 e. The minimum atomic E-state index is -3.47. The van der Waals surface area contributed by atoms with E-state index in [2.05, 4.69) is 6.92 Å². The summed E-state index contributed by atoms with van der Waals surface area (Å²) < 4.78 is 33.6. The van der Waals surface area contributed by atoms with Crippen LogP contribution in [0.3, 0.4) is 0 Å². The van der Waals surface area contributed by atoms with Crippen LogP contribution in [0.15, 0.2) is 0 Å². The first-order chi connectivity index (χ1) is 8.47. The van der Waals surface area contributed by atoms with Crippen molar-refractivity contribution in [3.05, 3.63) is 0 Å². The number of nitrogens with two attached hydrogens (primary N) is 1. The van der Waals surface area contributed by atoms with Crippen molar-refractivity contribution in [1.82, 2.24) is 0 Å². The Bertz CT molecular complexity index is 323. The van der Waals surface area contributed by atoms with Crippen LogP contribution in [0, 0.1) is 5.41 Å². The summed E-state index contributed by atoms with van der Waals surface area (Å²) in [5.74, 6) is -0.00284. The Hall–Kier alpha value is -0.170. The van der Waals surface area contributed by atoms with Crippen LogP contribution in [0.25, 0.3) is 0 Å². The molecule has 5 nitrogen and oxygen atoms in total. The van der Waals surface area contributed by atoms with Gasteiger partial charge in [0, 0.05) is 25.2 Å². The van der Waals surface area contributed by atoms with Crippen molar-refractivity contribution in [2.24, 2.45) is 10.6 Å². The summed E-state index contributed by atoms with van der Waals surface area (Å²) in [4.78, 5) is 0. The highest BCUT2D eigenvalue weighted by Gasteiger charge is 2.36. The van der Waals surface area contributed by atoms with Gasteiger partial charge in [0.2, 0.25) is 10.0 Å². The molecule has 1 saturated heterocycles. The number of hydrogen-bond donors (Lipinski definition) is 1. The lowest BCUT2D eigenvalue weighted by Crippen LogP contribution is -2.42.